The Labute approximate surface area is 112 Å². The minimum Gasteiger partial charge on any atom is -0.315 e. The average Bonchev–Trinajstić information content (AvgIpc) is 2.93. The van der Waals surface area contributed by atoms with Crippen LogP contribution in [0.1, 0.15) is 38.5 Å². The molecule has 0 bridgehead atoms. The van der Waals surface area contributed by atoms with Gasteiger partial charge in [-0.05, 0) is 70.7 Å². The minimum atomic E-state index is 0.819. The predicted octanol–water partition coefficient (Wildman–Crippen LogP) is 1.55. The molecule has 0 aromatic rings. The zero-order valence-electron chi connectivity index (χ0n) is 11.7. The van der Waals surface area contributed by atoms with E-state index in [0.29, 0.717) is 0 Å². The highest BCUT2D eigenvalue weighted by molar-refractivity contribution is 4.89. The molecule has 104 valence electrons. The van der Waals surface area contributed by atoms with Gasteiger partial charge in [-0.2, -0.15) is 0 Å². The molecule has 0 aromatic carbocycles. The molecular formula is C15H29N3. The van der Waals surface area contributed by atoms with Gasteiger partial charge in [-0.3, -0.25) is 4.90 Å². The van der Waals surface area contributed by atoms with Crippen LogP contribution in [0.3, 0.4) is 0 Å². The molecule has 3 nitrogen and oxygen atoms in total. The molecule has 18 heavy (non-hydrogen) atoms. The van der Waals surface area contributed by atoms with E-state index in [2.05, 4.69) is 15.1 Å². The van der Waals surface area contributed by atoms with Crippen molar-refractivity contribution in [2.45, 2.75) is 44.6 Å². The molecule has 3 saturated heterocycles. The summed E-state index contributed by atoms with van der Waals surface area (Å²) >= 11 is 0. The summed E-state index contributed by atoms with van der Waals surface area (Å²) in [5.74, 6) is 0.919. The van der Waals surface area contributed by atoms with Crippen LogP contribution in [-0.2, 0) is 0 Å². The Kier molecular flexibility index (Phi) is 4.55. The molecule has 2 atom stereocenters. The van der Waals surface area contributed by atoms with Crippen molar-refractivity contribution in [1.82, 2.24) is 15.1 Å². The van der Waals surface area contributed by atoms with Crippen molar-refractivity contribution < 1.29 is 0 Å². The standard InChI is InChI=1S/C15H29N3/c1-2-10-18(11-3-1)15-12-16-7-6-14(15)13-17-8-4-5-9-17/h14-16H,1-13H2. The van der Waals surface area contributed by atoms with Gasteiger partial charge in [0.15, 0.2) is 0 Å². The second-order valence-electron chi connectivity index (χ2n) is 6.42. The summed E-state index contributed by atoms with van der Waals surface area (Å²) in [7, 11) is 0. The molecular weight excluding hydrogens is 222 g/mol. The van der Waals surface area contributed by atoms with Crippen LogP contribution in [0.5, 0.6) is 0 Å². The van der Waals surface area contributed by atoms with Gasteiger partial charge in [0, 0.05) is 19.1 Å². The van der Waals surface area contributed by atoms with E-state index in [1.165, 1.54) is 84.3 Å². The highest BCUT2D eigenvalue weighted by atomic mass is 15.2. The zero-order valence-corrected chi connectivity index (χ0v) is 11.7. The zero-order chi connectivity index (χ0) is 12.2. The first-order chi connectivity index (χ1) is 8.93. The number of likely N-dealkylation sites (tertiary alicyclic amines) is 2. The summed E-state index contributed by atoms with van der Waals surface area (Å²) in [6, 6.07) is 0.819. The Morgan fingerprint density at radius 1 is 0.889 bits per heavy atom. The van der Waals surface area contributed by atoms with Gasteiger partial charge in [0.2, 0.25) is 0 Å². The van der Waals surface area contributed by atoms with Crippen LogP contribution in [0, 0.1) is 5.92 Å². The van der Waals surface area contributed by atoms with Crippen LogP contribution in [0.15, 0.2) is 0 Å². The van der Waals surface area contributed by atoms with Crippen LogP contribution in [-0.4, -0.2) is 61.7 Å². The van der Waals surface area contributed by atoms with Crippen LogP contribution < -0.4 is 5.32 Å². The van der Waals surface area contributed by atoms with Gasteiger partial charge < -0.3 is 10.2 Å². The maximum absolute atomic E-state index is 3.63. The second-order valence-corrected chi connectivity index (χ2v) is 6.42. The Morgan fingerprint density at radius 2 is 1.61 bits per heavy atom. The topological polar surface area (TPSA) is 18.5 Å². The predicted molar refractivity (Wildman–Crippen MR) is 75.9 cm³/mol. The lowest BCUT2D eigenvalue weighted by Crippen LogP contribution is -2.55. The lowest BCUT2D eigenvalue weighted by Gasteiger charge is -2.43. The van der Waals surface area contributed by atoms with Crippen molar-refractivity contribution in [3.8, 4) is 0 Å². The van der Waals surface area contributed by atoms with Gasteiger partial charge >= 0.3 is 0 Å². The molecule has 0 aliphatic carbocycles. The van der Waals surface area contributed by atoms with Gasteiger partial charge in [-0.15, -0.1) is 0 Å². The summed E-state index contributed by atoms with van der Waals surface area (Å²) in [5, 5.41) is 3.63. The van der Waals surface area contributed by atoms with E-state index in [0.717, 1.165) is 12.0 Å². The molecule has 0 amide bonds. The molecule has 1 N–H and O–H groups in total. The molecule has 0 radical (unpaired) electrons. The van der Waals surface area contributed by atoms with Crippen molar-refractivity contribution in [3.05, 3.63) is 0 Å². The Balaban J connectivity index is 1.57. The normalized spacial score (nSPS) is 36.0. The van der Waals surface area contributed by atoms with E-state index in [9.17, 15) is 0 Å². The SMILES string of the molecule is C1CCN(C2CNCCC2CN2CCCC2)CC1. The van der Waals surface area contributed by atoms with Gasteiger partial charge in [0.25, 0.3) is 0 Å². The number of rotatable bonds is 3. The van der Waals surface area contributed by atoms with Crippen molar-refractivity contribution in [2.24, 2.45) is 5.92 Å². The van der Waals surface area contributed by atoms with Gasteiger partial charge in [-0.25, -0.2) is 0 Å². The van der Waals surface area contributed by atoms with E-state index >= 15 is 0 Å². The summed E-state index contributed by atoms with van der Waals surface area (Å²) < 4.78 is 0. The average molecular weight is 251 g/mol. The monoisotopic (exact) mass is 251 g/mol. The largest absolute Gasteiger partial charge is 0.315 e. The van der Waals surface area contributed by atoms with Crippen molar-refractivity contribution >= 4 is 0 Å². The van der Waals surface area contributed by atoms with Crippen LogP contribution in [0.25, 0.3) is 0 Å². The number of nitrogens with one attached hydrogen (secondary N) is 1. The lowest BCUT2D eigenvalue weighted by molar-refractivity contribution is 0.0763. The maximum Gasteiger partial charge on any atom is 0.0261 e. The molecule has 0 spiro atoms. The quantitative estimate of drug-likeness (QED) is 0.821. The first kappa shape index (κ1) is 12.9. The van der Waals surface area contributed by atoms with E-state index in [1.807, 2.05) is 0 Å². The van der Waals surface area contributed by atoms with E-state index in [4.69, 9.17) is 0 Å². The third kappa shape index (κ3) is 3.06. The Bertz CT molecular complexity index is 244. The molecule has 3 aliphatic heterocycles. The Morgan fingerprint density at radius 3 is 2.39 bits per heavy atom. The van der Waals surface area contributed by atoms with E-state index in [-0.39, 0.29) is 0 Å². The third-order valence-corrected chi connectivity index (χ3v) is 5.14. The van der Waals surface area contributed by atoms with E-state index in [1.54, 1.807) is 0 Å². The van der Waals surface area contributed by atoms with Gasteiger partial charge in [0.1, 0.15) is 0 Å². The highest BCUT2D eigenvalue weighted by Gasteiger charge is 2.32. The smallest absolute Gasteiger partial charge is 0.0261 e. The molecule has 3 rings (SSSR count). The number of piperidine rings is 2. The molecule has 0 saturated carbocycles. The summed E-state index contributed by atoms with van der Waals surface area (Å²) in [4.78, 5) is 5.50. The van der Waals surface area contributed by atoms with Crippen molar-refractivity contribution in [2.75, 3.05) is 45.8 Å². The minimum absolute atomic E-state index is 0.819. The summed E-state index contributed by atoms with van der Waals surface area (Å²) in [6.45, 7) is 9.25. The summed E-state index contributed by atoms with van der Waals surface area (Å²) in [6.07, 6.45) is 8.55. The fraction of sp³-hybridized carbons (Fsp3) is 1.00. The van der Waals surface area contributed by atoms with E-state index < -0.39 is 0 Å². The van der Waals surface area contributed by atoms with Crippen LogP contribution in [0.2, 0.25) is 0 Å². The summed E-state index contributed by atoms with van der Waals surface area (Å²) in [5.41, 5.74) is 0. The first-order valence-electron chi connectivity index (χ1n) is 8.10. The van der Waals surface area contributed by atoms with Gasteiger partial charge in [0.05, 0.1) is 0 Å². The lowest BCUT2D eigenvalue weighted by atomic mass is 9.89. The third-order valence-electron chi connectivity index (χ3n) is 5.14. The fourth-order valence-corrected chi connectivity index (χ4v) is 4.08. The second kappa shape index (κ2) is 6.36. The maximum atomic E-state index is 3.63. The highest BCUT2D eigenvalue weighted by Crippen LogP contribution is 2.24. The fourth-order valence-electron chi connectivity index (χ4n) is 4.08. The molecule has 3 heteroatoms. The molecule has 3 heterocycles. The Hall–Kier alpha value is -0.120. The van der Waals surface area contributed by atoms with Gasteiger partial charge in [-0.1, -0.05) is 6.42 Å². The van der Waals surface area contributed by atoms with Crippen LogP contribution >= 0.6 is 0 Å². The molecule has 0 aromatic heterocycles. The molecule has 2 unspecified atom stereocenters. The van der Waals surface area contributed by atoms with Crippen molar-refractivity contribution in [3.63, 3.8) is 0 Å². The molecule has 3 fully saturated rings. The first-order valence-corrected chi connectivity index (χ1v) is 8.10. The van der Waals surface area contributed by atoms with Crippen LogP contribution in [0.4, 0.5) is 0 Å². The van der Waals surface area contributed by atoms with Crippen molar-refractivity contribution in [1.29, 1.82) is 0 Å². The number of hydrogen-bond donors (Lipinski definition) is 1. The number of nitrogens with zero attached hydrogens (tertiary/aromatic N) is 2. The number of hydrogen-bond acceptors (Lipinski definition) is 3. The molecule has 3 aliphatic rings.